The van der Waals surface area contributed by atoms with Crippen LogP contribution in [0.3, 0.4) is 0 Å². The Bertz CT molecular complexity index is 709. The second-order valence-corrected chi connectivity index (χ2v) is 6.16. The van der Waals surface area contributed by atoms with Crippen molar-refractivity contribution in [3.63, 3.8) is 0 Å². The molecule has 0 aliphatic carbocycles. The summed E-state index contributed by atoms with van der Waals surface area (Å²) in [4.78, 5) is 13.3. The van der Waals surface area contributed by atoms with Crippen LogP contribution in [0.25, 0.3) is 0 Å². The van der Waals surface area contributed by atoms with Crippen LogP contribution in [0.5, 0.6) is 11.5 Å². The molecule has 0 bridgehead atoms. The van der Waals surface area contributed by atoms with Gasteiger partial charge < -0.3 is 20.1 Å². The highest BCUT2D eigenvalue weighted by atomic mass is 16.5. The molecule has 2 aromatic rings. The number of ether oxygens (including phenoxy) is 1. The lowest BCUT2D eigenvalue weighted by Crippen LogP contribution is -2.54. The summed E-state index contributed by atoms with van der Waals surface area (Å²) in [6, 6.07) is 15.1. The van der Waals surface area contributed by atoms with E-state index in [4.69, 9.17) is 4.74 Å². The standard InChI is InChI=1S/C19H22N2O3/c1-13(20-14(2)22)15-6-8-18(9-7-15)24-19-11-21(12-19)16-4-3-5-17(23)10-16/h3-10,13,19,23H,11-12H2,1-2H3,(H,20,22)/t13-/m0/s1. The molecule has 1 fully saturated rings. The normalized spacial score (nSPS) is 15.5. The third kappa shape index (κ3) is 3.79. The van der Waals surface area contributed by atoms with Gasteiger partial charge in [-0.15, -0.1) is 0 Å². The molecule has 2 N–H and O–H groups in total. The third-order valence-electron chi connectivity index (χ3n) is 4.15. The summed E-state index contributed by atoms with van der Waals surface area (Å²) in [5.74, 6) is 1.07. The summed E-state index contributed by atoms with van der Waals surface area (Å²) in [7, 11) is 0. The number of hydrogen-bond donors (Lipinski definition) is 2. The maximum atomic E-state index is 11.1. The van der Waals surface area contributed by atoms with Crippen molar-refractivity contribution < 1.29 is 14.6 Å². The molecule has 2 aromatic carbocycles. The topological polar surface area (TPSA) is 61.8 Å². The largest absolute Gasteiger partial charge is 0.508 e. The van der Waals surface area contributed by atoms with Crippen LogP contribution >= 0.6 is 0 Å². The van der Waals surface area contributed by atoms with Crippen molar-refractivity contribution in [2.75, 3.05) is 18.0 Å². The molecule has 1 saturated heterocycles. The predicted octanol–water partition coefficient (Wildman–Crippen LogP) is 2.86. The Balaban J connectivity index is 1.52. The fourth-order valence-electron chi connectivity index (χ4n) is 2.83. The van der Waals surface area contributed by atoms with Crippen LogP contribution in [0, 0.1) is 0 Å². The number of rotatable bonds is 5. The smallest absolute Gasteiger partial charge is 0.217 e. The lowest BCUT2D eigenvalue weighted by Gasteiger charge is -2.40. The van der Waals surface area contributed by atoms with Gasteiger partial charge in [-0.3, -0.25) is 4.79 Å². The van der Waals surface area contributed by atoms with E-state index in [1.54, 1.807) is 12.1 Å². The van der Waals surface area contributed by atoms with Gasteiger partial charge in [-0.05, 0) is 36.8 Å². The molecule has 5 heteroatoms. The van der Waals surface area contributed by atoms with Gasteiger partial charge in [0.05, 0.1) is 19.1 Å². The third-order valence-corrected chi connectivity index (χ3v) is 4.15. The number of nitrogens with one attached hydrogen (secondary N) is 1. The zero-order valence-electron chi connectivity index (χ0n) is 13.9. The van der Waals surface area contributed by atoms with Gasteiger partial charge in [-0.2, -0.15) is 0 Å². The minimum Gasteiger partial charge on any atom is -0.508 e. The van der Waals surface area contributed by atoms with Gasteiger partial charge in [0.2, 0.25) is 5.91 Å². The van der Waals surface area contributed by atoms with Crippen molar-refractivity contribution in [2.24, 2.45) is 0 Å². The molecule has 1 amide bonds. The van der Waals surface area contributed by atoms with Gasteiger partial charge in [-0.25, -0.2) is 0 Å². The molecule has 3 rings (SSSR count). The van der Waals surface area contributed by atoms with Crippen molar-refractivity contribution in [1.29, 1.82) is 0 Å². The number of carbonyl (C=O) groups is 1. The fourth-order valence-corrected chi connectivity index (χ4v) is 2.83. The lowest BCUT2D eigenvalue weighted by molar-refractivity contribution is -0.119. The number of anilines is 1. The van der Waals surface area contributed by atoms with Crippen LogP contribution < -0.4 is 15.0 Å². The molecule has 24 heavy (non-hydrogen) atoms. The van der Waals surface area contributed by atoms with E-state index < -0.39 is 0 Å². The van der Waals surface area contributed by atoms with Gasteiger partial charge >= 0.3 is 0 Å². The molecule has 0 unspecified atom stereocenters. The average Bonchev–Trinajstić information content (AvgIpc) is 2.50. The maximum absolute atomic E-state index is 11.1. The summed E-state index contributed by atoms with van der Waals surface area (Å²) in [6.07, 6.45) is 0.144. The molecule has 126 valence electrons. The van der Waals surface area contributed by atoms with Gasteiger partial charge in [0.1, 0.15) is 17.6 Å². The van der Waals surface area contributed by atoms with Crippen LogP contribution in [-0.2, 0) is 4.79 Å². The predicted molar refractivity (Wildman–Crippen MR) is 93.4 cm³/mol. The molecular weight excluding hydrogens is 304 g/mol. The zero-order valence-corrected chi connectivity index (χ0v) is 13.9. The number of phenolic OH excluding ortho intramolecular Hbond substituents is 1. The summed E-state index contributed by atoms with van der Waals surface area (Å²) in [5, 5.41) is 12.4. The van der Waals surface area contributed by atoms with E-state index in [1.807, 2.05) is 43.3 Å². The Hall–Kier alpha value is -2.69. The Morgan fingerprint density at radius 1 is 1.25 bits per heavy atom. The van der Waals surface area contributed by atoms with Crippen molar-refractivity contribution in [1.82, 2.24) is 5.32 Å². The van der Waals surface area contributed by atoms with E-state index in [0.29, 0.717) is 0 Å². The van der Waals surface area contributed by atoms with E-state index in [9.17, 15) is 9.90 Å². The Labute approximate surface area is 141 Å². The van der Waals surface area contributed by atoms with Crippen molar-refractivity contribution in [3.05, 3.63) is 54.1 Å². The van der Waals surface area contributed by atoms with Gasteiger partial charge in [0.25, 0.3) is 0 Å². The first-order chi connectivity index (χ1) is 11.5. The molecule has 1 aliphatic heterocycles. The molecule has 5 nitrogen and oxygen atoms in total. The first-order valence-corrected chi connectivity index (χ1v) is 8.09. The number of amides is 1. The van der Waals surface area contributed by atoms with Gasteiger partial charge in [0, 0.05) is 18.7 Å². The molecule has 0 aromatic heterocycles. The summed E-state index contributed by atoms with van der Waals surface area (Å²) in [5.41, 5.74) is 2.06. The van der Waals surface area contributed by atoms with Gasteiger partial charge in [-0.1, -0.05) is 18.2 Å². The minimum absolute atomic E-state index is 0.0125. The summed E-state index contributed by atoms with van der Waals surface area (Å²) >= 11 is 0. The Kier molecular flexibility index (Phi) is 4.60. The summed E-state index contributed by atoms with van der Waals surface area (Å²) in [6.45, 7) is 5.07. The molecule has 0 radical (unpaired) electrons. The second kappa shape index (κ2) is 6.83. The fraction of sp³-hybridized carbons (Fsp3) is 0.316. The van der Waals surface area contributed by atoms with E-state index in [0.717, 1.165) is 30.1 Å². The van der Waals surface area contributed by atoms with Crippen LogP contribution in [0.1, 0.15) is 25.5 Å². The number of hydrogen-bond acceptors (Lipinski definition) is 4. The van der Waals surface area contributed by atoms with E-state index in [1.165, 1.54) is 6.92 Å². The molecule has 1 heterocycles. The molecule has 1 aliphatic rings. The Morgan fingerprint density at radius 2 is 1.96 bits per heavy atom. The first-order valence-electron chi connectivity index (χ1n) is 8.09. The Morgan fingerprint density at radius 3 is 2.58 bits per heavy atom. The number of benzene rings is 2. The van der Waals surface area contributed by atoms with Crippen molar-refractivity contribution in [2.45, 2.75) is 26.0 Å². The number of carbonyl (C=O) groups excluding carboxylic acids is 1. The van der Waals surface area contributed by atoms with Crippen LogP contribution in [0.4, 0.5) is 5.69 Å². The monoisotopic (exact) mass is 326 g/mol. The van der Waals surface area contributed by atoms with Crippen molar-refractivity contribution in [3.8, 4) is 11.5 Å². The molecular formula is C19H22N2O3. The highest BCUT2D eigenvalue weighted by Gasteiger charge is 2.28. The first kappa shape index (κ1) is 16.2. The highest BCUT2D eigenvalue weighted by Crippen LogP contribution is 2.27. The van der Waals surface area contributed by atoms with E-state index >= 15 is 0 Å². The summed E-state index contributed by atoms with van der Waals surface area (Å²) < 4.78 is 5.96. The quantitative estimate of drug-likeness (QED) is 0.887. The number of nitrogens with zero attached hydrogens (tertiary/aromatic N) is 1. The SMILES string of the molecule is CC(=O)N[C@@H](C)c1ccc(OC2CN(c3cccc(O)c3)C2)cc1. The van der Waals surface area contributed by atoms with E-state index in [2.05, 4.69) is 10.2 Å². The van der Waals surface area contributed by atoms with E-state index in [-0.39, 0.29) is 23.8 Å². The van der Waals surface area contributed by atoms with Gasteiger partial charge in [0.15, 0.2) is 0 Å². The van der Waals surface area contributed by atoms with Crippen LogP contribution in [0.15, 0.2) is 48.5 Å². The zero-order chi connectivity index (χ0) is 17.1. The lowest BCUT2D eigenvalue weighted by atomic mass is 10.1. The van der Waals surface area contributed by atoms with Crippen LogP contribution in [0.2, 0.25) is 0 Å². The molecule has 1 atom stereocenters. The van der Waals surface area contributed by atoms with Crippen molar-refractivity contribution >= 4 is 11.6 Å². The van der Waals surface area contributed by atoms with Crippen LogP contribution in [-0.4, -0.2) is 30.2 Å². The minimum atomic E-state index is -0.0377. The maximum Gasteiger partial charge on any atom is 0.217 e. The molecule has 0 saturated carbocycles. The second-order valence-electron chi connectivity index (χ2n) is 6.16. The average molecular weight is 326 g/mol. The number of phenols is 1. The number of aromatic hydroxyl groups is 1. The molecule has 0 spiro atoms. The highest BCUT2D eigenvalue weighted by molar-refractivity contribution is 5.73.